The molecule has 2 atom stereocenters. The van der Waals surface area contributed by atoms with E-state index in [4.69, 9.17) is 5.11 Å². The van der Waals surface area contributed by atoms with E-state index in [1.165, 1.54) is 6.92 Å². The fourth-order valence-corrected chi connectivity index (χ4v) is 1.62. The third-order valence-corrected chi connectivity index (χ3v) is 2.80. The van der Waals surface area contributed by atoms with Crippen molar-refractivity contribution in [1.29, 1.82) is 0 Å². The van der Waals surface area contributed by atoms with Crippen molar-refractivity contribution in [3.8, 4) is 0 Å². The van der Waals surface area contributed by atoms with Gasteiger partial charge in [-0.1, -0.05) is 0 Å². The number of nitrogens with zero attached hydrogens (tertiary/aromatic N) is 2. The maximum absolute atomic E-state index is 11.6. The Bertz CT molecular complexity index is 302. The van der Waals surface area contributed by atoms with Gasteiger partial charge in [0.2, 0.25) is 0 Å². The van der Waals surface area contributed by atoms with Crippen LogP contribution < -0.4 is 10.7 Å². The van der Waals surface area contributed by atoms with Gasteiger partial charge in [0.15, 0.2) is 6.04 Å². The van der Waals surface area contributed by atoms with Crippen molar-refractivity contribution in [3.63, 3.8) is 0 Å². The molecule has 0 bridgehead atoms. The van der Waals surface area contributed by atoms with E-state index in [0.29, 0.717) is 13.1 Å². The highest BCUT2D eigenvalue weighted by molar-refractivity contribution is 5.82. The lowest BCUT2D eigenvalue weighted by Crippen LogP contribution is -2.58. The lowest BCUT2D eigenvalue weighted by Gasteiger charge is -2.32. The molecule has 1 rings (SSSR count). The van der Waals surface area contributed by atoms with Crippen molar-refractivity contribution >= 4 is 12.0 Å². The molecule has 0 unspecified atom stereocenters. The third-order valence-electron chi connectivity index (χ3n) is 2.80. The van der Waals surface area contributed by atoms with Crippen LogP contribution in [-0.4, -0.2) is 77.5 Å². The van der Waals surface area contributed by atoms with Gasteiger partial charge >= 0.3 is 12.0 Å². The highest BCUT2D eigenvalue weighted by Crippen LogP contribution is 1.96. The standard InChI is InChI=1S/C10H20N4O4/c1-7(15)8(9(16)17)11-10(18)12-14-5-3-13(2)4-6-14/h7-8,15H,3-6H2,1-2H3,(H,16,17)(H2,11,12,18)/t7-,8+/m1/s1. The van der Waals surface area contributed by atoms with Crippen LogP contribution in [0.2, 0.25) is 0 Å². The first-order valence-corrected chi connectivity index (χ1v) is 5.81. The number of carbonyl (C=O) groups excluding carboxylic acids is 1. The van der Waals surface area contributed by atoms with Crippen LogP contribution in [-0.2, 0) is 4.79 Å². The Morgan fingerprint density at radius 1 is 1.22 bits per heavy atom. The maximum Gasteiger partial charge on any atom is 0.330 e. The number of amides is 2. The minimum Gasteiger partial charge on any atom is -0.480 e. The molecular weight excluding hydrogens is 240 g/mol. The number of carboxylic acids is 1. The van der Waals surface area contributed by atoms with E-state index in [9.17, 15) is 14.7 Å². The number of urea groups is 1. The Hall–Kier alpha value is -1.38. The number of carboxylic acid groups (broad SMARTS) is 1. The Balaban J connectivity index is 2.38. The summed E-state index contributed by atoms with van der Waals surface area (Å²) in [4.78, 5) is 24.5. The second-order valence-corrected chi connectivity index (χ2v) is 4.43. The van der Waals surface area contributed by atoms with Gasteiger partial charge in [-0.2, -0.15) is 0 Å². The molecule has 8 nitrogen and oxygen atoms in total. The first kappa shape index (κ1) is 14.7. The third kappa shape index (κ3) is 4.47. The summed E-state index contributed by atoms with van der Waals surface area (Å²) in [6.07, 6.45) is -1.15. The van der Waals surface area contributed by atoms with Gasteiger partial charge in [0.1, 0.15) is 0 Å². The molecular formula is C10H20N4O4. The molecule has 0 spiro atoms. The molecule has 0 aliphatic carbocycles. The van der Waals surface area contributed by atoms with Gasteiger partial charge in [-0.25, -0.2) is 14.6 Å². The van der Waals surface area contributed by atoms with Crippen molar-refractivity contribution in [1.82, 2.24) is 20.7 Å². The van der Waals surface area contributed by atoms with E-state index in [2.05, 4.69) is 15.6 Å². The molecule has 1 aliphatic rings. The molecule has 1 heterocycles. The molecule has 0 aromatic heterocycles. The summed E-state index contributed by atoms with van der Waals surface area (Å²) in [6.45, 7) is 4.33. The first-order valence-electron chi connectivity index (χ1n) is 5.81. The second-order valence-electron chi connectivity index (χ2n) is 4.43. The summed E-state index contributed by atoms with van der Waals surface area (Å²) < 4.78 is 0. The van der Waals surface area contributed by atoms with E-state index in [1.54, 1.807) is 5.01 Å². The molecule has 1 aliphatic heterocycles. The average Bonchev–Trinajstić information content (AvgIpc) is 2.28. The number of hydrazine groups is 1. The van der Waals surface area contributed by atoms with Crippen LogP contribution in [0.25, 0.3) is 0 Å². The maximum atomic E-state index is 11.6. The number of hydrogen-bond donors (Lipinski definition) is 4. The number of piperazine rings is 1. The van der Waals surface area contributed by atoms with Crippen LogP contribution in [0, 0.1) is 0 Å². The van der Waals surface area contributed by atoms with Gasteiger partial charge in [-0.3, -0.25) is 5.43 Å². The van der Waals surface area contributed by atoms with Crippen molar-refractivity contribution in [2.45, 2.75) is 19.1 Å². The number of aliphatic carboxylic acids is 1. The van der Waals surface area contributed by atoms with Gasteiger partial charge in [-0.15, -0.1) is 0 Å². The summed E-state index contributed by atoms with van der Waals surface area (Å²) >= 11 is 0. The van der Waals surface area contributed by atoms with Gasteiger partial charge in [0.05, 0.1) is 6.10 Å². The molecule has 0 aromatic carbocycles. The minimum atomic E-state index is -1.31. The van der Waals surface area contributed by atoms with E-state index >= 15 is 0 Å². The van der Waals surface area contributed by atoms with Crippen LogP contribution in [0.1, 0.15) is 6.92 Å². The molecule has 1 fully saturated rings. The van der Waals surface area contributed by atoms with E-state index in [-0.39, 0.29) is 0 Å². The largest absolute Gasteiger partial charge is 0.480 e. The topological polar surface area (TPSA) is 105 Å². The summed E-state index contributed by atoms with van der Waals surface area (Å²) in [7, 11) is 1.99. The van der Waals surface area contributed by atoms with Crippen LogP contribution in [0.3, 0.4) is 0 Å². The number of aliphatic hydroxyl groups excluding tert-OH is 1. The molecule has 4 N–H and O–H groups in total. The molecule has 0 radical (unpaired) electrons. The van der Waals surface area contributed by atoms with Gasteiger partial charge in [0, 0.05) is 26.2 Å². The van der Waals surface area contributed by atoms with Gasteiger partial charge < -0.3 is 20.4 Å². The quantitative estimate of drug-likeness (QED) is 0.479. The highest BCUT2D eigenvalue weighted by atomic mass is 16.4. The van der Waals surface area contributed by atoms with Crippen LogP contribution in [0.15, 0.2) is 0 Å². The predicted octanol–water partition coefficient (Wildman–Crippen LogP) is -1.72. The second kappa shape index (κ2) is 6.53. The number of likely N-dealkylation sites (N-methyl/N-ethyl adjacent to an activating group) is 1. The van der Waals surface area contributed by atoms with Crippen LogP contribution >= 0.6 is 0 Å². The van der Waals surface area contributed by atoms with Crippen LogP contribution in [0.4, 0.5) is 4.79 Å². The van der Waals surface area contributed by atoms with Crippen molar-refractivity contribution in [3.05, 3.63) is 0 Å². The number of rotatable bonds is 4. The normalized spacial score (nSPS) is 21.1. The Morgan fingerprint density at radius 2 is 1.78 bits per heavy atom. The Morgan fingerprint density at radius 3 is 2.22 bits per heavy atom. The molecule has 18 heavy (non-hydrogen) atoms. The average molecular weight is 260 g/mol. The number of aliphatic hydroxyl groups is 1. The van der Waals surface area contributed by atoms with E-state index in [1.807, 2.05) is 7.05 Å². The number of carbonyl (C=O) groups is 2. The Kier molecular flexibility index (Phi) is 5.32. The zero-order valence-corrected chi connectivity index (χ0v) is 10.6. The van der Waals surface area contributed by atoms with Gasteiger partial charge in [0.25, 0.3) is 0 Å². The summed E-state index contributed by atoms with van der Waals surface area (Å²) in [5.41, 5.74) is 2.56. The summed E-state index contributed by atoms with van der Waals surface area (Å²) in [5, 5.41) is 22.0. The van der Waals surface area contributed by atoms with Crippen molar-refractivity contribution in [2.24, 2.45) is 0 Å². The zero-order valence-electron chi connectivity index (χ0n) is 10.6. The van der Waals surface area contributed by atoms with E-state index < -0.39 is 24.1 Å². The van der Waals surface area contributed by atoms with Crippen molar-refractivity contribution in [2.75, 3.05) is 33.2 Å². The molecule has 0 aromatic rings. The monoisotopic (exact) mass is 260 g/mol. The molecule has 0 saturated carbocycles. The number of hydrogen-bond acceptors (Lipinski definition) is 5. The molecule has 8 heteroatoms. The van der Waals surface area contributed by atoms with E-state index in [0.717, 1.165) is 13.1 Å². The molecule has 104 valence electrons. The Labute approximate surface area is 106 Å². The lowest BCUT2D eigenvalue weighted by atomic mass is 10.2. The van der Waals surface area contributed by atoms with Gasteiger partial charge in [-0.05, 0) is 14.0 Å². The van der Waals surface area contributed by atoms with Crippen molar-refractivity contribution < 1.29 is 19.8 Å². The summed E-state index contributed by atoms with van der Waals surface area (Å²) in [6, 6.07) is -1.93. The lowest BCUT2D eigenvalue weighted by molar-refractivity contribution is -0.141. The fraction of sp³-hybridized carbons (Fsp3) is 0.800. The zero-order chi connectivity index (χ0) is 13.7. The highest BCUT2D eigenvalue weighted by Gasteiger charge is 2.26. The molecule has 2 amide bonds. The minimum absolute atomic E-state index is 0.618. The fourth-order valence-electron chi connectivity index (χ4n) is 1.62. The predicted molar refractivity (Wildman–Crippen MR) is 63.8 cm³/mol. The number of nitrogens with one attached hydrogen (secondary N) is 2. The molecule has 1 saturated heterocycles. The summed E-state index contributed by atoms with van der Waals surface area (Å²) in [5.74, 6) is -1.27. The SMILES string of the molecule is C[C@@H](O)[C@H](NC(=O)NN1CCN(C)CC1)C(=O)O. The van der Waals surface area contributed by atoms with Crippen LogP contribution in [0.5, 0.6) is 0 Å². The first-order chi connectivity index (χ1) is 8.40. The smallest absolute Gasteiger partial charge is 0.330 e.